The van der Waals surface area contributed by atoms with Gasteiger partial charge in [0, 0.05) is 11.6 Å². The molecule has 0 aliphatic rings. The molecule has 2 heterocycles. The number of nitro groups is 1. The van der Waals surface area contributed by atoms with E-state index in [0.29, 0.717) is 15.6 Å². The second-order valence-electron chi connectivity index (χ2n) is 6.13. The van der Waals surface area contributed by atoms with Crippen molar-refractivity contribution in [3.63, 3.8) is 0 Å². The molecule has 4 rings (SSSR count). The van der Waals surface area contributed by atoms with Gasteiger partial charge in [-0.25, -0.2) is 4.98 Å². The number of carbonyl (C=O) groups excluding carboxylic acids is 1. The van der Waals surface area contributed by atoms with Gasteiger partial charge in [0.1, 0.15) is 0 Å². The van der Waals surface area contributed by atoms with Gasteiger partial charge in [-0.05, 0) is 42.8 Å². The number of nitrogens with zero attached hydrogens (tertiary/aromatic N) is 4. The average molecular weight is 422 g/mol. The van der Waals surface area contributed by atoms with E-state index in [4.69, 9.17) is 0 Å². The molecule has 0 saturated carbocycles. The quantitative estimate of drug-likeness (QED) is 0.249. The Kier molecular flexibility index (Phi) is 5.15. The van der Waals surface area contributed by atoms with Gasteiger partial charge in [-0.2, -0.15) is 10.1 Å². The van der Waals surface area contributed by atoms with Crippen molar-refractivity contribution in [2.75, 3.05) is 5.01 Å². The third-order valence-electron chi connectivity index (χ3n) is 4.02. The van der Waals surface area contributed by atoms with E-state index in [0.717, 1.165) is 27.1 Å². The van der Waals surface area contributed by atoms with E-state index >= 15 is 0 Å². The summed E-state index contributed by atoms with van der Waals surface area (Å²) in [6.45, 7) is 1.99. The van der Waals surface area contributed by atoms with Crippen LogP contribution in [0.1, 0.15) is 20.8 Å². The lowest BCUT2D eigenvalue weighted by Crippen LogP contribution is -2.25. The van der Waals surface area contributed by atoms with Crippen molar-refractivity contribution in [1.29, 1.82) is 0 Å². The number of fused-ring (bicyclic) bond motifs is 1. The highest BCUT2D eigenvalue weighted by molar-refractivity contribution is 7.22. The van der Waals surface area contributed by atoms with Gasteiger partial charge in [0.25, 0.3) is 5.91 Å². The molecule has 0 radical (unpaired) electrons. The summed E-state index contributed by atoms with van der Waals surface area (Å²) in [6.07, 6.45) is 1.44. The highest BCUT2D eigenvalue weighted by Gasteiger charge is 2.21. The van der Waals surface area contributed by atoms with Crippen molar-refractivity contribution in [1.82, 2.24) is 4.98 Å². The second kappa shape index (κ2) is 7.90. The Balaban J connectivity index is 1.74. The van der Waals surface area contributed by atoms with E-state index in [1.165, 1.54) is 28.6 Å². The second-order valence-corrected chi connectivity index (χ2v) is 8.23. The molecule has 4 aromatic rings. The van der Waals surface area contributed by atoms with Crippen LogP contribution in [-0.4, -0.2) is 22.0 Å². The summed E-state index contributed by atoms with van der Waals surface area (Å²) in [4.78, 5) is 28.7. The number of benzene rings is 2. The van der Waals surface area contributed by atoms with Crippen molar-refractivity contribution >= 4 is 55.1 Å². The lowest BCUT2D eigenvalue weighted by molar-refractivity contribution is -0.380. The van der Waals surface area contributed by atoms with Crippen LogP contribution in [-0.2, 0) is 0 Å². The van der Waals surface area contributed by atoms with Crippen LogP contribution in [0.4, 0.5) is 10.1 Å². The van der Waals surface area contributed by atoms with Crippen molar-refractivity contribution in [2.24, 2.45) is 5.10 Å². The maximum atomic E-state index is 13.1. The van der Waals surface area contributed by atoms with E-state index in [-0.39, 0.29) is 10.9 Å². The predicted molar refractivity (Wildman–Crippen MR) is 116 cm³/mol. The Morgan fingerprint density at radius 2 is 1.93 bits per heavy atom. The normalized spacial score (nSPS) is 11.2. The first kappa shape index (κ1) is 18.9. The first-order valence-electron chi connectivity index (χ1n) is 8.56. The topological polar surface area (TPSA) is 88.7 Å². The number of hydrogen-bond acceptors (Lipinski definition) is 7. The van der Waals surface area contributed by atoms with E-state index in [1.807, 2.05) is 31.2 Å². The molecule has 29 heavy (non-hydrogen) atoms. The van der Waals surface area contributed by atoms with E-state index in [2.05, 4.69) is 10.1 Å². The number of thiazole rings is 1. The van der Waals surface area contributed by atoms with Crippen LogP contribution in [0.25, 0.3) is 10.2 Å². The first-order chi connectivity index (χ1) is 14.0. The van der Waals surface area contributed by atoms with E-state index < -0.39 is 4.92 Å². The predicted octanol–water partition coefficient (Wildman–Crippen LogP) is 5.26. The van der Waals surface area contributed by atoms with Crippen LogP contribution < -0.4 is 5.01 Å². The van der Waals surface area contributed by atoms with Crippen molar-refractivity contribution in [3.8, 4) is 0 Å². The Hall–Kier alpha value is -3.43. The third kappa shape index (κ3) is 4.05. The molecule has 0 aliphatic heterocycles. The Bertz CT molecular complexity index is 1230. The van der Waals surface area contributed by atoms with Gasteiger partial charge in [0.2, 0.25) is 5.13 Å². The first-order valence-corrected chi connectivity index (χ1v) is 10.2. The number of carbonyl (C=O) groups is 1. The van der Waals surface area contributed by atoms with Crippen LogP contribution >= 0.6 is 22.7 Å². The summed E-state index contributed by atoms with van der Waals surface area (Å²) in [6, 6.07) is 17.7. The van der Waals surface area contributed by atoms with Crippen LogP contribution in [0.2, 0.25) is 0 Å². The maximum absolute atomic E-state index is 13.1. The lowest BCUT2D eigenvalue weighted by atomic mass is 10.2. The van der Waals surface area contributed by atoms with Crippen LogP contribution in [0, 0.1) is 17.0 Å². The minimum absolute atomic E-state index is 0.0165. The number of aromatic nitrogens is 1. The standard InChI is InChI=1S/C20H14N4O3S2/c1-13-7-9-16-17(11-13)29-20(22-16)23(19(25)14-5-3-2-4-6-14)21-12-15-8-10-18(28-15)24(26)27/h2-12H,1H3/b21-12+. The average Bonchev–Trinajstić information content (AvgIpc) is 3.35. The minimum atomic E-state index is -0.454. The fourth-order valence-corrected chi connectivity index (χ4v) is 4.33. The Morgan fingerprint density at radius 1 is 1.14 bits per heavy atom. The van der Waals surface area contributed by atoms with Gasteiger partial charge in [0.15, 0.2) is 0 Å². The zero-order valence-corrected chi connectivity index (χ0v) is 16.8. The highest BCUT2D eigenvalue weighted by Crippen LogP contribution is 2.31. The number of amides is 1. The summed E-state index contributed by atoms with van der Waals surface area (Å²) < 4.78 is 0.952. The molecule has 7 nitrogen and oxygen atoms in total. The summed E-state index contributed by atoms with van der Waals surface area (Å²) in [5.41, 5.74) is 2.35. The van der Waals surface area contributed by atoms with Crippen molar-refractivity contribution in [3.05, 3.63) is 86.8 Å². The fourth-order valence-electron chi connectivity index (χ4n) is 2.63. The van der Waals surface area contributed by atoms with Crippen LogP contribution in [0.3, 0.4) is 0 Å². The number of aryl methyl sites for hydroxylation is 1. The molecule has 0 aliphatic carbocycles. The molecule has 0 N–H and O–H groups in total. The van der Waals surface area contributed by atoms with Gasteiger partial charge in [0.05, 0.1) is 26.2 Å². The van der Waals surface area contributed by atoms with Crippen molar-refractivity contribution < 1.29 is 9.72 Å². The SMILES string of the molecule is Cc1ccc2nc(N(/N=C/c3ccc([N+](=O)[O-])s3)C(=O)c3ccccc3)sc2c1. The molecule has 0 saturated heterocycles. The summed E-state index contributed by atoms with van der Waals surface area (Å²) >= 11 is 2.35. The molecule has 0 fully saturated rings. The summed E-state index contributed by atoms with van der Waals surface area (Å²) in [5.74, 6) is -0.330. The van der Waals surface area contributed by atoms with E-state index in [9.17, 15) is 14.9 Å². The lowest BCUT2D eigenvalue weighted by Gasteiger charge is -2.13. The molecule has 0 spiro atoms. The molecule has 0 atom stereocenters. The van der Waals surface area contributed by atoms with Crippen LogP contribution in [0.5, 0.6) is 0 Å². The Labute approximate surface area is 173 Å². The minimum Gasteiger partial charge on any atom is -0.267 e. The van der Waals surface area contributed by atoms with Gasteiger partial charge in [-0.1, -0.05) is 46.9 Å². The molecule has 2 aromatic carbocycles. The molecule has 1 amide bonds. The van der Waals surface area contributed by atoms with Gasteiger partial charge in [-0.3, -0.25) is 14.9 Å². The largest absolute Gasteiger partial charge is 0.324 e. The monoisotopic (exact) mass is 422 g/mol. The summed E-state index contributed by atoms with van der Waals surface area (Å²) in [7, 11) is 0. The molecule has 144 valence electrons. The number of rotatable bonds is 5. The highest BCUT2D eigenvalue weighted by atomic mass is 32.1. The molecular formula is C20H14N4O3S2. The molecular weight excluding hydrogens is 408 g/mol. The molecule has 9 heteroatoms. The zero-order chi connectivity index (χ0) is 20.4. The van der Waals surface area contributed by atoms with E-state index in [1.54, 1.807) is 30.3 Å². The third-order valence-corrected chi connectivity index (χ3v) is 5.99. The van der Waals surface area contributed by atoms with Crippen molar-refractivity contribution in [2.45, 2.75) is 6.92 Å². The Morgan fingerprint density at radius 3 is 2.66 bits per heavy atom. The zero-order valence-electron chi connectivity index (χ0n) is 15.2. The number of hydrazone groups is 1. The van der Waals surface area contributed by atoms with Gasteiger partial charge < -0.3 is 0 Å². The fraction of sp³-hybridized carbons (Fsp3) is 0.0500. The smallest absolute Gasteiger partial charge is 0.267 e. The number of hydrogen-bond donors (Lipinski definition) is 0. The molecule has 0 bridgehead atoms. The number of anilines is 1. The van der Waals surface area contributed by atoms with Gasteiger partial charge >= 0.3 is 5.00 Å². The number of thiophene rings is 1. The van der Waals surface area contributed by atoms with Gasteiger partial charge in [-0.15, -0.1) is 0 Å². The maximum Gasteiger partial charge on any atom is 0.324 e. The van der Waals surface area contributed by atoms with Crippen LogP contribution in [0.15, 0.2) is 65.8 Å². The summed E-state index contributed by atoms with van der Waals surface area (Å²) in [5, 5.41) is 16.9. The molecule has 0 unspecified atom stereocenters. The molecule has 2 aromatic heterocycles.